The summed E-state index contributed by atoms with van der Waals surface area (Å²) in [6, 6.07) is 8.39. The number of amides is 4. The zero-order valence-corrected chi connectivity index (χ0v) is 22.8. The highest BCUT2D eigenvalue weighted by Gasteiger charge is 2.66. The monoisotopic (exact) mass is 580 g/mol. The molecule has 6 rings (SSSR count). The Morgan fingerprint density at radius 2 is 1.83 bits per heavy atom. The number of anilines is 1. The molecule has 2 aromatic carbocycles. The summed E-state index contributed by atoms with van der Waals surface area (Å²) in [4.78, 5) is 54.8. The summed E-state index contributed by atoms with van der Waals surface area (Å²) in [5.41, 5.74) is 0.249. The lowest BCUT2D eigenvalue weighted by Gasteiger charge is -2.47. The van der Waals surface area contributed by atoms with Gasteiger partial charge in [-0.2, -0.15) is 5.06 Å². The summed E-state index contributed by atoms with van der Waals surface area (Å²) in [7, 11) is 1.42. The molecule has 2 heterocycles. The molecule has 212 valence electrons. The second-order valence-electron chi connectivity index (χ2n) is 11.1. The third-order valence-electron chi connectivity index (χ3n) is 9.17. The van der Waals surface area contributed by atoms with Crippen LogP contribution >= 0.6 is 11.6 Å². The molecule has 0 unspecified atom stereocenters. The van der Waals surface area contributed by atoms with Gasteiger partial charge >= 0.3 is 0 Å². The number of carbonyl (C=O) groups excluding carboxylic acids is 4. The third-order valence-corrected chi connectivity index (χ3v) is 9.46. The number of hydrogen-bond donors (Lipinski definition) is 2. The molecule has 2 N–H and O–H groups in total. The number of allylic oxidation sites excluding steroid dienone is 3. The van der Waals surface area contributed by atoms with Gasteiger partial charge in [0, 0.05) is 5.92 Å². The second-order valence-corrected chi connectivity index (χ2v) is 11.5. The van der Waals surface area contributed by atoms with Crippen LogP contribution in [-0.2, 0) is 19.2 Å². The van der Waals surface area contributed by atoms with Crippen LogP contribution in [0.3, 0.4) is 0 Å². The summed E-state index contributed by atoms with van der Waals surface area (Å²) < 4.78 is 19.1. The number of aromatic hydroxyl groups is 1. The number of hydroxylamine groups is 2. The van der Waals surface area contributed by atoms with Crippen molar-refractivity contribution < 1.29 is 38.6 Å². The minimum Gasteiger partial charge on any atom is -0.504 e. The van der Waals surface area contributed by atoms with E-state index in [1.165, 1.54) is 25.3 Å². The SMILES string of the molecule is COc1cc(C=C[C@H]2C3=CC[C@@H]4C(=O)N(O)C(=O)[C@@H]4[C@@H]3C[C@H]3C(=O)N(c4ccc(F)c(Cl)c4)C(=O)[C@@]23C)ccc1O. The number of imide groups is 2. The van der Waals surface area contributed by atoms with Gasteiger partial charge in [-0.15, -0.1) is 0 Å². The minimum absolute atomic E-state index is 0.0430. The predicted octanol–water partition coefficient (Wildman–Crippen LogP) is 4.36. The van der Waals surface area contributed by atoms with Crippen LogP contribution < -0.4 is 9.64 Å². The highest BCUT2D eigenvalue weighted by atomic mass is 35.5. The smallest absolute Gasteiger partial charge is 0.257 e. The average Bonchev–Trinajstić information content (AvgIpc) is 3.29. The van der Waals surface area contributed by atoms with E-state index in [-0.39, 0.29) is 40.1 Å². The van der Waals surface area contributed by atoms with E-state index >= 15 is 0 Å². The molecule has 4 aliphatic rings. The van der Waals surface area contributed by atoms with Crippen molar-refractivity contribution in [3.63, 3.8) is 0 Å². The van der Waals surface area contributed by atoms with Gasteiger partial charge in [-0.05, 0) is 61.6 Å². The van der Waals surface area contributed by atoms with Gasteiger partial charge in [0.2, 0.25) is 11.8 Å². The number of methoxy groups -OCH3 is 1. The number of carbonyl (C=O) groups is 4. The molecular weight excluding hydrogens is 555 g/mol. The van der Waals surface area contributed by atoms with Gasteiger partial charge in [0.25, 0.3) is 11.8 Å². The minimum atomic E-state index is -1.28. The predicted molar refractivity (Wildman–Crippen MR) is 144 cm³/mol. The molecular formula is C30H26ClFN2O7. The first kappa shape index (κ1) is 27.2. The zero-order chi connectivity index (χ0) is 29.4. The Hall–Kier alpha value is -4.02. The van der Waals surface area contributed by atoms with E-state index in [0.717, 1.165) is 16.5 Å². The van der Waals surface area contributed by atoms with Crippen molar-refractivity contribution in [3.8, 4) is 11.5 Å². The molecule has 1 saturated carbocycles. The number of hydrogen-bond acceptors (Lipinski definition) is 7. The number of rotatable bonds is 4. The summed E-state index contributed by atoms with van der Waals surface area (Å²) in [6.45, 7) is 1.71. The van der Waals surface area contributed by atoms with Gasteiger partial charge in [0.1, 0.15) is 5.82 Å². The summed E-state index contributed by atoms with van der Waals surface area (Å²) in [6.07, 6.45) is 5.71. The fraction of sp³-hybridized carbons (Fsp3) is 0.333. The van der Waals surface area contributed by atoms with Crippen LogP contribution in [0.5, 0.6) is 11.5 Å². The summed E-state index contributed by atoms with van der Waals surface area (Å²) >= 11 is 5.99. The van der Waals surface area contributed by atoms with Crippen LogP contribution in [-0.4, -0.2) is 46.1 Å². The molecule has 11 heteroatoms. The molecule has 6 atom stereocenters. The van der Waals surface area contributed by atoms with Crippen LogP contribution in [0.1, 0.15) is 25.3 Å². The van der Waals surface area contributed by atoms with Gasteiger partial charge in [0.15, 0.2) is 11.5 Å². The Labute approximate surface area is 239 Å². The molecule has 2 aliphatic carbocycles. The summed E-state index contributed by atoms with van der Waals surface area (Å²) in [5.74, 6) is -6.61. The second kappa shape index (κ2) is 9.53. The van der Waals surface area contributed by atoms with Crippen molar-refractivity contribution in [1.29, 1.82) is 0 Å². The molecule has 3 fully saturated rings. The Kier molecular flexibility index (Phi) is 6.31. The van der Waals surface area contributed by atoms with Gasteiger partial charge < -0.3 is 9.84 Å². The Bertz CT molecular complexity index is 1590. The fourth-order valence-electron chi connectivity index (χ4n) is 7.08. The van der Waals surface area contributed by atoms with Crippen molar-refractivity contribution in [2.24, 2.45) is 35.0 Å². The quantitative estimate of drug-likeness (QED) is 0.313. The Morgan fingerprint density at radius 3 is 2.54 bits per heavy atom. The van der Waals surface area contributed by atoms with Crippen LogP contribution in [0.4, 0.5) is 10.1 Å². The van der Waals surface area contributed by atoms with E-state index in [1.54, 1.807) is 31.2 Å². The molecule has 2 saturated heterocycles. The van der Waals surface area contributed by atoms with Crippen molar-refractivity contribution >= 4 is 47.0 Å². The normalized spacial score (nSPS) is 31.0. The number of phenolic OH excluding ortho intramolecular Hbond substituents is 1. The Balaban J connectivity index is 1.48. The topological polar surface area (TPSA) is 124 Å². The van der Waals surface area contributed by atoms with Crippen molar-refractivity contribution in [2.45, 2.75) is 19.8 Å². The highest BCUT2D eigenvalue weighted by Crippen LogP contribution is 2.61. The molecule has 0 aromatic heterocycles. The number of ether oxygens (including phenoxy) is 1. The van der Waals surface area contributed by atoms with E-state index in [2.05, 4.69) is 0 Å². The maximum Gasteiger partial charge on any atom is 0.257 e. The van der Waals surface area contributed by atoms with Crippen LogP contribution in [0.2, 0.25) is 5.02 Å². The van der Waals surface area contributed by atoms with Crippen LogP contribution in [0, 0.1) is 40.8 Å². The van der Waals surface area contributed by atoms with E-state index in [4.69, 9.17) is 16.3 Å². The summed E-state index contributed by atoms with van der Waals surface area (Å²) in [5, 5.41) is 20.1. The van der Waals surface area contributed by atoms with Crippen molar-refractivity contribution in [2.75, 3.05) is 12.0 Å². The number of phenols is 1. The lowest BCUT2D eigenvalue weighted by atomic mass is 9.52. The molecule has 0 bridgehead atoms. The molecule has 4 amide bonds. The highest BCUT2D eigenvalue weighted by molar-refractivity contribution is 6.31. The van der Waals surface area contributed by atoms with Crippen molar-refractivity contribution in [1.82, 2.24) is 5.06 Å². The first-order chi connectivity index (χ1) is 19.5. The standard InChI is InChI=1S/C30H26ClFN2O7/c1-30-19(8-3-14-4-10-23(35)24(11-14)41-2)16-6-7-17-25(28(38)34(40)26(17)36)18(16)13-20(30)27(37)33(29(30)39)15-5-9-22(32)21(31)12-15/h3-6,8-12,17-20,25,35,40H,7,13H2,1-2H3/t17-,18+,19-,20-,25-,30-/m0/s1. The van der Waals surface area contributed by atoms with E-state index in [9.17, 15) is 33.9 Å². The maximum atomic E-state index is 14.2. The lowest BCUT2D eigenvalue weighted by Crippen LogP contribution is -2.49. The van der Waals surface area contributed by atoms with Gasteiger partial charge in [0.05, 0.1) is 41.0 Å². The fourth-order valence-corrected chi connectivity index (χ4v) is 7.25. The first-order valence-corrected chi connectivity index (χ1v) is 13.5. The number of halogens is 2. The van der Waals surface area contributed by atoms with Crippen LogP contribution in [0.15, 0.2) is 54.1 Å². The van der Waals surface area contributed by atoms with E-state index in [1.807, 2.05) is 6.08 Å². The van der Waals surface area contributed by atoms with Gasteiger partial charge in [-0.1, -0.05) is 41.5 Å². The molecule has 0 spiro atoms. The van der Waals surface area contributed by atoms with E-state index < -0.39 is 64.5 Å². The van der Waals surface area contributed by atoms with Gasteiger partial charge in [-0.25, -0.2) is 9.29 Å². The molecule has 2 aromatic rings. The van der Waals surface area contributed by atoms with E-state index in [0.29, 0.717) is 5.56 Å². The van der Waals surface area contributed by atoms with Gasteiger partial charge in [-0.3, -0.25) is 24.4 Å². The molecule has 0 radical (unpaired) electrons. The molecule has 41 heavy (non-hydrogen) atoms. The maximum absolute atomic E-state index is 14.2. The van der Waals surface area contributed by atoms with Crippen molar-refractivity contribution in [3.05, 3.63) is 70.5 Å². The average molecular weight is 581 g/mol. The third kappa shape index (κ3) is 3.84. The number of nitrogens with zero attached hydrogens (tertiary/aromatic N) is 2. The first-order valence-electron chi connectivity index (χ1n) is 13.1. The van der Waals surface area contributed by atoms with Crippen LogP contribution in [0.25, 0.3) is 6.08 Å². The molecule has 9 nitrogen and oxygen atoms in total. The number of benzene rings is 2. The number of fused-ring (bicyclic) bond motifs is 4. The Morgan fingerprint density at radius 1 is 1.07 bits per heavy atom. The zero-order valence-electron chi connectivity index (χ0n) is 22.1. The molecule has 2 aliphatic heterocycles. The largest absolute Gasteiger partial charge is 0.504 e. The lowest BCUT2D eigenvalue weighted by molar-refractivity contribution is -0.173.